The fourth-order valence-electron chi connectivity index (χ4n) is 2.14. The van der Waals surface area contributed by atoms with Gasteiger partial charge in [0.2, 0.25) is 0 Å². The second-order valence-electron chi connectivity index (χ2n) is 4.45. The van der Waals surface area contributed by atoms with Gasteiger partial charge in [-0.05, 0) is 49.9 Å². The topological polar surface area (TPSA) is 12.0 Å². The molecule has 1 N–H and O–H groups in total. The first-order valence-electron chi connectivity index (χ1n) is 6.09. The molecule has 17 heavy (non-hydrogen) atoms. The van der Waals surface area contributed by atoms with Gasteiger partial charge in [0, 0.05) is 12.1 Å². The van der Waals surface area contributed by atoms with Crippen LogP contribution in [0.25, 0.3) is 0 Å². The number of halogens is 2. The molecule has 3 heteroatoms. The fraction of sp³-hybridized carbons (Fsp3) is 0.429. The van der Waals surface area contributed by atoms with Gasteiger partial charge in [0.15, 0.2) is 0 Å². The van der Waals surface area contributed by atoms with Crippen LogP contribution in [0.2, 0.25) is 0 Å². The molecule has 0 radical (unpaired) electrons. The summed E-state index contributed by atoms with van der Waals surface area (Å²) in [5, 5.41) is 3.38. The maximum atomic E-state index is 12.9. The highest BCUT2D eigenvalue weighted by Gasteiger charge is 2.07. The van der Waals surface area contributed by atoms with Crippen LogP contribution >= 0.6 is 0 Å². The summed E-state index contributed by atoms with van der Waals surface area (Å²) in [5.41, 5.74) is 0.704. The van der Waals surface area contributed by atoms with E-state index in [0.29, 0.717) is 18.0 Å². The molecule has 2 rings (SSSR count). The van der Waals surface area contributed by atoms with Crippen molar-refractivity contribution in [1.29, 1.82) is 0 Å². The molecule has 0 heterocycles. The van der Waals surface area contributed by atoms with E-state index in [9.17, 15) is 8.78 Å². The Bertz CT molecular complexity index is 381. The van der Waals surface area contributed by atoms with Gasteiger partial charge in [-0.15, -0.1) is 0 Å². The van der Waals surface area contributed by atoms with Crippen molar-refractivity contribution in [3.05, 3.63) is 47.5 Å². The zero-order chi connectivity index (χ0) is 12.1. The lowest BCUT2D eigenvalue weighted by atomic mass is 10.0. The Kier molecular flexibility index (Phi) is 4.26. The molecule has 1 aliphatic rings. The first kappa shape index (κ1) is 12.2. The van der Waals surface area contributed by atoms with Gasteiger partial charge >= 0.3 is 0 Å². The predicted octanol–water partition coefficient (Wildman–Crippen LogP) is 3.21. The molecule has 0 saturated heterocycles. The smallest absolute Gasteiger partial charge is 0.126 e. The summed E-state index contributed by atoms with van der Waals surface area (Å²) in [6.45, 7) is 0.748. The third kappa shape index (κ3) is 3.93. The van der Waals surface area contributed by atoms with E-state index in [1.807, 2.05) is 0 Å². The molecule has 0 bridgehead atoms. The minimum Gasteiger partial charge on any atom is -0.310 e. The van der Waals surface area contributed by atoms with Crippen LogP contribution in [0.5, 0.6) is 0 Å². The van der Waals surface area contributed by atoms with Crippen LogP contribution in [0.15, 0.2) is 30.4 Å². The Balaban J connectivity index is 1.81. The third-order valence-electron chi connectivity index (χ3n) is 3.00. The minimum atomic E-state index is -0.502. The molecule has 0 fully saturated rings. The number of nitrogens with one attached hydrogen (secondary N) is 1. The van der Waals surface area contributed by atoms with E-state index >= 15 is 0 Å². The van der Waals surface area contributed by atoms with Crippen LogP contribution in [0.4, 0.5) is 8.78 Å². The Morgan fingerprint density at radius 3 is 2.59 bits per heavy atom. The van der Waals surface area contributed by atoms with Gasteiger partial charge in [0.25, 0.3) is 0 Å². The summed E-state index contributed by atoms with van der Waals surface area (Å²) in [7, 11) is 0. The molecular weight excluding hydrogens is 220 g/mol. The maximum absolute atomic E-state index is 12.9. The largest absolute Gasteiger partial charge is 0.310 e. The van der Waals surface area contributed by atoms with Crippen molar-refractivity contribution >= 4 is 0 Å². The number of benzene rings is 1. The van der Waals surface area contributed by atoms with Crippen LogP contribution in [0.3, 0.4) is 0 Å². The zero-order valence-corrected chi connectivity index (χ0v) is 9.76. The molecule has 1 aromatic carbocycles. The predicted molar refractivity (Wildman–Crippen MR) is 64.8 cm³/mol. The number of hydrogen-bond donors (Lipinski definition) is 1. The monoisotopic (exact) mass is 237 g/mol. The van der Waals surface area contributed by atoms with Gasteiger partial charge < -0.3 is 5.32 Å². The summed E-state index contributed by atoms with van der Waals surface area (Å²) < 4.78 is 25.9. The Hall–Kier alpha value is -1.22. The van der Waals surface area contributed by atoms with E-state index in [1.165, 1.54) is 18.6 Å². The lowest BCUT2D eigenvalue weighted by Crippen LogP contribution is -2.30. The molecule has 0 amide bonds. The van der Waals surface area contributed by atoms with Crippen molar-refractivity contribution < 1.29 is 8.78 Å². The second-order valence-corrected chi connectivity index (χ2v) is 4.45. The van der Waals surface area contributed by atoms with E-state index < -0.39 is 11.6 Å². The Morgan fingerprint density at radius 2 is 1.94 bits per heavy atom. The molecule has 1 unspecified atom stereocenters. The molecule has 0 spiro atoms. The van der Waals surface area contributed by atoms with Crippen molar-refractivity contribution in [3.63, 3.8) is 0 Å². The Morgan fingerprint density at radius 1 is 1.18 bits per heavy atom. The molecule has 1 nitrogen and oxygen atoms in total. The highest BCUT2D eigenvalue weighted by atomic mass is 19.1. The molecule has 92 valence electrons. The van der Waals surface area contributed by atoms with Crippen molar-refractivity contribution in [1.82, 2.24) is 5.32 Å². The van der Waals surface area contributed by atoms with Gasteiger partial charge in [-0.2, -0.15) is 0 Å². The van der Waals surface area contributed by atoms with Crippen molar-refractivity contribution in [2.24, 2.45) is 0 Å². The molecule has 1 atom stereocenters. The van der Waals surface area contributed by atoms with E-state index in [4.69, 9.17) is 0 Å². The minimum absolute atomic E-state index is 0.419. The summed E-state index contributed by atoms with van der Waals surface area (Å²) in [6.07, 6.45) is 8.53. The average molecular weight is 237 g/mol. The quantitative estimate of drug-likeness (QED) is 0.793. The third-order valence-corrected chi connectivity index (χ3v) is 3.00. The lowest BCUT2D eigenvalue weighted by molar-refractivity contribution is 0.523. The molecular formula is C14H17F2N. The van der Waals surface area contributed by atoms with Gasteiger partial charge in [-0.1, -0.05) is 12.2 Å². The number of rotatable bonds is 4. The first-order valence-corrected chi connectivity index (χ1v) is 6.09. The van der Waals surface area contributed by atoms with E-state index in [0.717, 1.165) is 25.5 Å². The normalized spacial score (nSPS) is 19.5. The van der Waals surface area contributed by atoms with Gasteiger partial charge in [0.1, 0.15) is 11.6 Å². The second kappa shape index (κ2) is 5.92. The SMILES string of the molecule is Fc1cc(F)cc(CCNC2C=CCCC2)c1. The van der Waals surface area contributed by atoms with E-state index in [1.54, 1.807) is 0 Å². The maximum Gasteiger partial charge on any atom is 0.126 e. The van der Waals surface area contributed by atoms with Gasteiger partial charge in [-0.3, -0.25) is 0 Å². The highest BCUT2D eigenvalue weighted by molar-refractivity contribution is 5.18. The van der Waals surface area contributed by atoms with Crippen molar-refractivity contribution in [2.75, 3.05) is 6.54 Å². The fourth-order valence-corrected chi connectivity index (χ4v) is 2.14. The van der Waals surface area contributed by atoms with Crippen LogP contribution in [0.1, 0.15) is 24.8 Å². The standard InChI is InChI=1S/C14H17F2N/c15-12-8-11(9-13(16)10-12)6-7-17-14-4-2-1-3-5-14/h2,4,8-10,14,17H,1,3,5-7H2. The molecule has 0 saturated carbocycles. The van der Waals surface area contributed by atoms with Gasteiger partial charge in [0.05, 0.1) is 0 Å². The average Bonchev–Trinajstić information content (AvgIpc) is 2.29. The lowest BCUT2D eigenvalue weighted by Gasteiger charge is -2.17. The highest BCUT2D eigenvalue weighted by Crippen LogP contribution is 2.11. The summed E-state index contributed by atoms with van der Waals surface area (Å²) in [4.78, 5) is 0. The zero-order valence-electron chi connectivity index (χ0n) is 9.76. The van der Waals surface area contributed by atoms with Crippen LogP contribution in [-0.2, 0) is 6.42 Å². The van der Waals surface area contributed by atoms with Crippen LogP contribution in [0, 0.1) is 11.6 Å². The summed E-state index contributed by atoms with van der Waals surface area (Å²) in [5.74, 6) is -1.00. The van der Waals surface area contributed by atoms with Crippen LogP contribution in [-0.4, -0.2) is 12.6 Å². The number of allylic oxidation sites excluding steroid dienone is 1. The molecule has 1 aromatic rings. The van der Waals surface area contributed by atoms with Crippen LogP contribution < -0.4 is 5.32 Å². The summed E-state index contributed by atoms with van der Waals surface area (Å²) in [6, 6.07) is 4.10. The molecule has 0 aliphatic heterocycles. The van der Waals surface area contributed by atoms with E-state index in [-0.39, 0.29) is 0 Å². The van der Waals surface area contributed by atoms with Gasteiger partial charge in [-0.25, -0.2) is 8.78 Å². The van der Waals surface area contributed by atoms with Crippen molar-refractivity contribution in [2.45, 2.75) is 31.7 Å². The van der Waals surface area contributed by atoms with Crippen molar-refractivity contribution in [3.8, 4) is 0 Å². The first-order chi connectivity index (χ1) is 8.24. The molecule has 0 aromatic heterocycles. The Labute approximate surface area is 101 Å². The molecule has 1 aliphatic carbocycles. The van der Waals surface area contributed by atoms with E-state index in [2.05, 4.69) is 17.5 Å². The summed E-state index contributed by atoms with van der Waals surface area (Å²) >= 11 is 0. The number of hydrogen-bond acceptors (Lipinski definition) is 1.